The number of carbonyl (C=O) groups is 1. The number of pyridine rings is 1. The average Bonchev–Trinajstić information content (AvgIpc) is 2.91. The lowest BCUT2D eigenvalue weighted by Crippen LogP contribution is -2.27. The predicted molar refractivity (Wildman–Crippen MR) is 87.4 cm³/mol. The lowest BCUT2D eigenvalue weighted by molar-refractivity contribution is 0.0947. The van der Waals surface area contributed by atoms with E-state index in [1.807, 2.05) is 19.1 Å². The third kappa shape index (κ3) is 3.45. The molecule has 0 aliphatic rings. The first-order chi connectivity index (χ1) is 11.3. The minimum Gasteiger partial charge on any atom is -0.384 e. The standard InChI is InChI=1S/C16H18N6O/c1-12-14(22-10-4-9-20-16(22)21-12)15(23)19-8-3-7-18-13-5-2-6-17-11-13/h2,4-6,9-11,18H,3,7-8H2,1H3,(H,19,23). The van der Waals surface area contributed by atoms with Gasteiger partial charge in [0.05, 0.1) is 11.4 Å². The van der Waals surface area contributed by atoms with Crippen LogP contribution in [0.1, 0.15) is 22.6 Å². The van der Waals surface area contributed by atoms with Crippen LogP contribution in [0.15, 0.2) is 43.0 Å². The smallest absolute Gasteiger partial charge is 0.270 e. The lowest BCUT2D eigenvalue weighted by Gasteiger charge is -2.07. The molecule has 1 amide bonds. The van der Waals surface area contributed by atoms with Gasteiger partial charge in [0.25, 0.3) is 5.91 Å². The predicted octanol–water partition coefficient (Wildman–Crippen LogP) is 1.66. The van der Waals surface area contributed by atoms with E-state index in [4.69, 9.17) is 0 Å². The zero-order valence-electron chi connectivity index (χ0n) is 12.9. The molecule has 0 bridgehead atoms. The number of imidazole rings is 1. The van der Waals surface area contributed by atoms with Gasteiger partial charge >= 0.3 is 0 Å². The summed E-state index contributed by atoms with van der Waals surface area (Å²) in [5.41, 5.74) is 2.19. The number of nitrogens with zero attached hydrogens (tertiary/aromatic N) is 4. The van der Waals surface area contributed by atoms with Crippen LogP contribution in [0.5, 0.6) is 0 Å². The van der Waals surface area contributed by atoms with Crippen molar-refractivity contribution in [3.63, 3.8) is 0 Å². The summed E-state index contributed by atoms with van der Waals surface area (Å²) in [4.78, 5) is 24.8. The second kappa shape index (κ2) is 6.87. The maximum absolute atomic E-state index is 12.3. The highest BCUT2D eigenvalue weighted by Crippen LogP contribution is 2.09. The number of aryl methyl sites for hydroxylation is 1. The van der Waals surface area contributed by atoms with Gasteiger partial charge in [-0.15, -0.1) is 0 Å². The van der Waals surface area contributed by atoms with Crippen molar-refractivity contribution in [2.24, 2.45) is 0 Å². The quantitative estimate of drug-likeness (QED) is 0.677. The Morgan fingerprint density at radius 3 is 3.00 bits per heavy atom. The Hall–Kier alpha value is -2.96. The van der Waals surface area contributed by atoms with Gasteiger partial charge in [0, 0.05) is 37.9 Å². The fourth-order valence-electron chi connectivity index (χ4n) is 2.35. The van der Waals surface area contributed by atoms with Gasteiger partial charge in [0.15, 0.2) is 0 Å². The molecule has 0 atom stereocenters. The molecular weight excluding hydrogens is 292 g/mol. The van der Waals surface area contributed by atoms with E-state index < -0.39 is 0 Å². The Bertz CT molecular complexity index is 799. The van der Waals surface area contributed by atoms with Gasteiger partial charge in [-0.2, -0.15) is 0 Å². The van der Waals surface area contributed by atoms with Gasteiger partial charge in [-0.05, 0) is 31.5 Å². The van der Waals surface area contributed by atoms with Crippen LogP contribution < -0.4 is 10.6 Å². The number of rotatable bonds is 6. The molecule has 3 rings (SSSR count). The van der Waals surface area contributed by atoms with Crippen LogP contribution in [-0.4, -0.2) is 38.3 Å². The summed E-state index contributed by atoms with van der Waals surface area (Å²) >= 11 is 0. The molecule has 0 aliphatic heterocycles. The van der Waals surface area contributed by atoms with Crippen molar-refractivity contribution >= 4 is 17.4 Å². The summed E-state index contributed by atoms with van der Waals surface area (Å²) in [6.45, 7) is 3.16. The molecule has 118 valence electrons. The Morgan fingerprint density at radius 2 is 2.17 bits per heavy atom. The molecule has 0 fully saturated rings. The summed E-state index contributed by atoms with van der Waals surface area (Å²) in [6, 6.07) is 5.62. The van der Waals surface area contributed by atoms with E-state index in [9.17, 15) is 4.79 Å². The maximum Gasteiger partial charge on any atom is 0.270 e. The first-order valence-corrected chi connectivity index (χ1v) is 7.47. The van der Waals surface area contributed by atoms with Gasteiger partial charge in [0.2, 0.25) is 5.78 Å². The van der Waals surface area contributed by atoms with Crippen molar-refractivity contribution in [3.8, 4) is 0 Å². The molecule has 7 heteroatoms. The molecule has 0 aliphatic carbocycles. The van der Waals surface area contributed by atoms with E-state index in [0.717, 1.165) is 18.7 Å². The minimum atomic E-state index is -0.135. The fourth-order valence-corrected chi connectivity index (χ4v) is 2.35. The molecule has 3 heterocycles. The van der Waals surface area contributed by atoms with Crippen LogP contribution in [0.4, 0.5) is 5.69 Å². The minimum absolute atomic E-state index is 0.135. The van der Waals surface area contributed by atoms with E-state index in [2.05, 4.69) is 25.6 Å². The fraction of sp³-hybridized carbons (Fsp3) is 0.250. The van der Waals surface area contributed by atoms with E-state index in [0.29, 0.717) is 23.7 Å². The topological polar surface area (TPSA) is 84.2 Å². The van der Waals surface area contributed by atoms with Gasteiger partial charge in [-0.1, -0.05) is 0 Å². The Balaban J connectivity index is 1.52. The summed E-state index contributed by atoms with van der Waals surface area (Å²) in [7, 11) is 0. The number of hydrogen-bond acceptors (Lipinski definition) is 5. The number of nitrogens with one attached hydrogen (secondary N) is 2. The first kappa shape index (κ1) is 15.0. The third-order valence-electron chi connectivity index (χ3n) is 3.42. The van der Waals surface area contributed by atoms with E-state index in [1.54, 1.807) is 35.3 Å². The van der Waals surface area contributed by atoms with E-state index in [-0.39, 0.29) is 5.91 Å². The molecule has 7 nitrogen and oxygen atoms in total. The highest BCUT2D eigenvalue weighted by Gasteiger charge is 2.16. The largest absolute Gasteiger partial charge is 0.384 e. The molecule has 0 spiro atoms. The summed E-state index contributed by atoms with van der Waals surface area (Å²) in [5, 5.41) is 6.17. The molecule has 0 aromatic carbocycles. The van der Waals surface area contributed by atoms with E-state index in [1.165, 1.54) is 0 Å². The summed E-state index contributed by atoms with van der Waals surface area (Å²) in [5.74, 6) is 0.401. The summed E-state index contributed by atoms with van der Waals surface area (Å²) < 4.78 is 1.71. The zero-order chi connectivity index (χ0) is 16.1. The average molecular weight is 310 g/mol. The van der Waals surface area contributed by atoms with Gasteiger partial charge in [-0.25, -0.2) is 9.97 Å². The highest BCUT2D eigenvalue weighted by molar-refractivity contribution is 5.94. The summed E-state index contributed by atoms with van der Waals surface area (Å²) in [6.07, 6.45) is 7.77. The number of aromatic nitrogens is 4. The van der Waals surface area contributed by atoms with Crippen molar-refractivity contribution in [2.45, 2.75) is 13.3 Å². The van der Waals surface area contributed by atoms with Crippen LogP contribution in [0.25, 0.3) is 5.78 Å². The molecule has 23 heavy (non-hydrogen) atoms. The van der Waals surface area contributed by atoms with Crippen LogP contribution in [0.3, 0.4) is 0 Å². The van der Waals surface area contributed by atoms with Crippen molar-refractivity contribution < 1.29 is 4.79 Å². The van der Waals surface area contributed by atoms with Crippen LogP contribution in [0.2, 0.25) is 0 Å². The van der Waals surface area contributed by atoms with Crippen LogP contribution in [0, 0.1) is 6.92 Å². The molecule has 3 aromatic rings. The number of fused-ring (bicyclic) bond motifs is 1. The molecule has 0 radical (unpaired) electrons. The zero-order valence-corrected chi connectivity index (χ0v) is 12.9. The molecule has 0 saturated carbocycles. The van der Waals surface area contributed by atoms with Crippen LogP contribution >= 0.6 is 0 Å². The molecule has 2 N–H and O–H groups in total. The molecule has 3 aromatic heterocycles. The Morgan fingerprint density at radius 1 is 1.26 bits per heavy atom. The first-order valence-electron chi connectivity index (χ1n) is 7.47. The molecule has 0 saturated heterocycles. The lowest BCUT2D eigenvalue weighted by atomic mass is 10.3. The third-order valence-corrected chi connectivity index (χ3v) is 3.42. The number of anilines is 1. The second-order valence-corrected chi connectivity index (χ2v) is 5.11. The van der Waals surface area contributed by atoms with E-state index >= 15 is 0 Å². The van der Waals surface area contributed by atoms with Crippen molar-refractivity contribution in [1.29, 1.82) is 0 Å². The SMILES string of the molecule is Cc1nc2ncccn2c1C(=O)NCCCNc1cccnc1. The Kier molecular flexibility index (Phi) is 4.46. The second-order valence-electron chi connectivity index (χ2n) is 5.11. The normalized spacial score (nSPS) is 10.7. The van der Waals surface area contributed by atoms with Gasteiger partial charge in [0.1, 0.15) is 5.69 Å². The van der Waals surface area contributed by atoms with Gasteiger partial charge < -0.3 is 10.6 Å². The van der Waals surface area contributed by atoms with Gasteiger partial charge in [-0.3, -0.25) is 14.2 Å². The number of amides is 1. The molecule has 0 unspecified atom stereocenters. The van der Waals surface area contributed by atoms with Crippen molar-refractivity contribution in [1.82, 2.24) is 24.7 Å². The number of hydrogen-bond donors (Lipinski definition) is 2. The molecular formula is C16H18N6O. The number of carbonyl (C=O) groups excluding carboxylic acids is 1. The van der Waals surface area contributed by atoms with Crippen molar-refractivity contribution in [2.75, 3.05) is 18.4 Å². The van der Waals surface area contributed by atoms with Crippen LogP contribution in [-0.2, 0) is 0 Å². The Labute approximate surface area is 133 Å². The highest BCUT2D eigenvalue weighted by atomic mass is 16.1. The maximum atomic E-state index is 12.3. The van der Waals surface area contributed by atoms with Crippen molar-refractivity contribution in [3.05, 3.63) is 54.4 Å². The monoisotopic (exact) mass is 310 g/mol.